The van der Waals surface area contributed by atoms with Gasteiger partial charge in [0.05, 0.1) is 12.7 Å². The highest BCUT2D eigenvalue weighted by atomic mass is 19.4. The van der Waals surface area contributed by atoms with Crippen molar-refractivity contribution in [3.8, 4) is 5.75 Å². The van der Waals surface area contributed by atoms with Crippen LogP contribution in [0.2, 0.25) is 0 Å². The van der Waals surface area contributed by atoms with Crippen LogP contribution in [-0.2, 0) is 6.18 Å². The number of urea groups is 2. The summed E-state index contributed by atoms with van der Waals surface area (Å²) >= 11 is 0. The second-order valence-corrected chi connectivity index (χ2v) is 7.11. The van der Waals surface area contributed by atoms with Gasteiger partial charge >= 0.3 is 18.2 Å². The molecule has 3 N–H and O–H groups in total. The van der Waals surface area contributed by atoms with Gasteiger partial charge in [0.15, 0.2) is 0 Å². The molecule has 34 heavy (non-hydrogen) atoms. The van der Waals surface area contributed by atoms with E-state index < -0.39 is 23.8 Å². The number of carbonyl (C=O) groups excluding carboxylic acids is 2. The Morgan fingerprint density at radius 3 is 2.24 bits per heavy atom. The monoisotopic (exact) mass is 472 g/mol. The zero-order valence-corrected chi connectivity index (χ0v) is 18.2. The van der Waals surface area contributed by atoms with Crippen LogP contribution >= 0.6 is 0 Å². The molecular formula is C24H23F3N4O3. The molecule has 0 aromatic heterocycles. The smallest absolute Gasteiger partial charge is 0.416 e. The topological polar surface area (TPSA) is 82.7 Å². The van der Waals surface area contributed by atoms with Crippen LogP contribution in [0.1, 0.15) is 5.56 Å². The van der Waals surface area contributed by atoms with E-state index in [1.54, 1.807) is 54.6 Å². The molecule has 0 heterocycles. The molecule has 10 heteroatoms. The normalized spacial score (nSPS) is 10.8. The first-order valence-corrected chi connectivity index (χ1v) is 10.3. The summed E-state index contributed by atoms with van der Waals surface area (Å²) in [5.74, 6) is 0.649. The van der Waals surface area contributed by atoms with Crippen molar-refractivity contribution in [2.75, 3.05) is 35.7 Å². The quantitative estimate of drug-likeness (QED) is 0.420. The molecule has 0 spiro atoms. The van der Waals surface area contributed by atoms with Crippen molar-refractivity contribution in [1.29, 1.82) is 0 Å². The fourth-order valence-corrected chi connectivity index (χ4v) is 3.05. The van der Waals surface area contributed by atoms with E-state index in [4.69, 9.17) is 4.74 Å². The Bertz CT molecular complexity index is 1110. The van der Waals surface area contributed by atoms with Gasteiger partial charge in [-0.25, -0.2) is 9.59 Å². The Kier molecular flexibility index (Phi) is 7.96. The van der Waals surface area contributed by atoms with Crippen LogP contribution in [-0.4, -0.2) is 32.3 Å². The summed E-state index contributed by atoms with van der Waals surface area (Å²) in [5, 5.41) is 7.81. The van der Waals surface area contributed by atoms with Gasteiger partial charge in [-0.2, -0.15) is 13.2 Å². The second-order valence-electron chi connectivity index (χ2n) is 7.11. The Morgan fingerprint density at radius 2 is 1.59 bits per heavy atom. The van der Waals surface area contributed by atoms with E-state index in [9.17, 15) is 22.8 Å². The molecule has 0 radical (unpaired) electrons. The molecule has 178 valence electrons. The molecule has 0 bridgehead atoms. The van der Waals surface area contributed by atoms with Crippen molar-refractivity contribution in [2.24, 2.45) is 0 Å². The molecule has 0 aliphatic heterocycles. The molecule has 0 unspecified atom stereocenters. The van der Waals surface area contributed by atoms with Gasteiger partial charge in [-0.3, -0.25) is 4.90 Å². The van der Waals surface area contributed by atoms with Gasteiger partial charge in [-0.05, 0) is 54.6 Å². The molecule has 0 aliphatic carbocycles. The van der Waals surface area contributed by atoms with Gasteiger partial charge in [0.1, 0.15) is 5.75 Å². The fourth-order valence-electron chi connectivity index (χ4n) is 3.05. The molecule has 0 fully saturated rings. The first-order valence-electron chi connectivity index (χ1n) is 10.3. The predicted molar refractivity (Wildman–Crippen MR) is 124 cm³/mol. The van der Waals surface area contributed by atoms with Crippen molar-refractivity contribution < 1.29 is 27.5 Å². The van der Waals surface area contributed by atoms with E-state index in [2.05, 4.69) is 16.0 Å². The van der Waals surface area contributed by atoms with Crippen molar-refractivity contribution >= 4 is 29.1 Å². The summed E-state index contributed by atoms with van der Waals surface area (Å²) in [6.07, 6.45) is -4.53. The van der Waals surface area contributed by atoms with E-state index in [1.807, 2.05) is 0 Å². The molecule has 0 saturated heterocycles. The number of halogens is 3. The highest BCUT2D eigenvalue weighted by molar-refractivity contribution is 6.01. The van der Waals surface area contributed by atoms with Crippen molar-refractivity contribution in [2.45, 2.75) is 6.18 Å². The highest BCUT2D eigenvalue weighted by Crippen LogP contribution is 2.30. The van der Waals surface area contributed by atoms with Crippen molar-refractivity contribution in [3.05, 3.63) is 84.4 Å². The Labute approximate surface area is 194 Å². The van der Waals surface area contributed by atoms with E-state index in [0.717, 1.165) is 12.1 Å². The van der Waals surface area contributed by atoms with Crippen LogP contribution in [0.4, 0.5) is 39.8 Å². The number of nitrogens with one attached hydrogen (secondary N) is 3. The Morgan fingerprint density at radius 1 is 0.882 bits per heavy atom. The number of alkyl halides is 3. The number of para-hydroxylation sites is 1. The molecule has 3 aromatic rings. The lowest BCUT2D eigenvalue weighted by atomic mass is 10.2. The van der Waals surface area contributed by atoms with Crippen LogP contribution in [0.3, 0.4) is 0 Å². The summed E-state index contributed by atoms with van der Waals surface area (Å²) in [6, 6.07) is 18.6. The van der Waals surface area contributed by atoms with Crippen LogP contribution in [0.5, 0.6) is 5.75 Å². The highest BCUT2D eigenvalue weighted by Gasteiger charge is 2.30. The third-order valence-electron chi connectivity index (χ3n) is 4.72. The van der Waals surface area contributed by atoms with Crippen LogP contribution in [0.15, 0.2) is 78.9 Å². The number of hydrogen-bond acceptors (Lipinski definition) is 3. The summed E-state index contributed by atoms with van der Waals surface area (Å²) in [4.78, 5) is 26.4. The number of benzene rings is 3. The van der Waals surface area contributed by atoms with Gasteiger partial charge in [0.25, 0.3) is 0 Å². The Hall–Kier alpha value is -4.21. The number of amides is 4. The Balaban J connectivity index is 1.63. The third kappa shape index (κ3) is 6.89. The molecule has 3 rings (SSSR count). The minimum atomic E-state index is -4.53. The van der Waals surface area contributed by atoms with E-state index in [1.165, 1.54) is 24.1 Å². The molecule has 7 nitrogen and oxygen atoms in total. The van der Waals surface area contributed by atoms with Gasteiger partial charge in [-0.1, -0.05) is 24.3 Å². The maximum absolute atomic E-state index is 13.0. The standard InChI is InChI=1S/C24H23F3N4O3/c1-34-21-12-10-18(11-13-21)29-22(32)28-14-15-31(20-8-3-2-4-9-20)23(33)30-19-7-5-6-17(16-19)24(25,26)27/h2-13,16H,14-15H2,1H3,(H,30,33)(H2,28,29,32). The van der Waals surface area contributed by atoms with Crippen molar-refractivity contribution in [1.82, 2.24) is 5.32 Å². The minimum absolute atomic E-state index is 0.00552. The zero-order chi connectivity index (χ0) is 24.6. The summed E-state index contributed by atoms with van der Waals surface area (Å²) in [7, 11) is 1.54. The summed E-state index contributed by atoms with van der Waals surface area (Å²) in [5.41, 5.74) is 0.212. The van der Waals surface area contributed by atoms with E-state index in [0.29, 0.717) is 17.1 Å². The number of anilines is 3. The number of ether oxygens (including phenoxy) is 1. The lowest BCUT2D eigenvalue weighted by Crippen LogP contribution is -2.42. The van der Waals surface area contributed by atoms with Crippen LogP contribution in [0.25, 0.3) is 0 Å². The first kappa shape index (κ1) is 24.4. The number of rotatable bonds is 7. The molecule has 0 atom stereocenters. The van der Waals surface area contributed by atoms with Gasteiger partial charge in [0, 0.05) is 30.2 Å². The maximum atomic E-state index is 13.0. The SMILES string of the molecule is COc1ccc(NC(=O)NCCN(C(=O)Nc2cccc(C(F)(F)F)c2)c2ccccc2)cc1. The molecular weight excluding hydrogens is 449 g/mol. The largest absolute Gasteiger partial charge is 0.497 e. The third-order valence-corrected chi connectivity index (χ3v) is 4.72. The summed E-state index contributed by atoms with van der Waals surface area (Å²) < 4.78 is 44.0. The lowest BCUT2D eigenvalue weighted by molar-refractivity contribution is -0.137. The average molecular weight is 472 g/mol. The predicted octanol–water partition coefficient (Wildman–Crippen LogP) is 5.57. The zero-order valence-electron chi connectivity index (χ0n) is 18.2. The summed E-state index contributed by atoms with van der Waals surface area (Å²) in [6.45, 7) is 0.164. The molecule has 3 aromatic carbocycles. The van der Waals surface area contributed by atoms with Crippen LogP contribution < -0.4 is 25.6 Å². The van der Waals surface area contributed by atoms with Crippen molar-refractivity contribution in [3.63, 3.8) is 0 Å². The number of methoxy groups -OCH3 is 1. The van der Waals surface area contributed by atoms with Crippen LogP contribution in [0, 0.1) is 0 Å². The number of carbonyl (C=O) groups is 2. The number of nitrogens with zero attached hydrogens (tertiary/aromatic N) is 1. The average Bonchev–Trinajstić information content (AvgIpc) is 2.82. The molecule has 0 saturated carbocycles. The molecule has 4 amide bonds. The first-order chi connectivity index (χ1) is 16.3. The maximum Gasteiger partial charge on any atom is 0.416 e. The van der Waals surface area contributed by atoms with Gasteiger partial charge < -0.3 is 20.7 Å². The van der Waals surface area contributed by atoms with E-state index in [-0.39, 0.29) is 18.8 Å². The fraction of sp³-hybridized carbons (Fsp3) is 0.167. The minimum Gasteiger partial charge on any atom is -0.497 e. The van der Waals surface area contributed by atoms with Gasteiger partial charge in [0.2, 0.25) is 0 Å². The second kappa shape index (κ2) is 11.1. The van der Waals surface area contributed by atoms with Gasteiger partial charge in [-0.15, -0.1) is 0 Å². The lowest BCUT2D eigenvalue weighted by Gasteiger charge is -2.24. The van der Waals surface area contributed by atoms with E-state index >= 15 is 0 Å². The molecule has 0 aliphatic rings. The number of hydrogen-bond donors (Lipinski definition) is 3.